The number of benzene rings is 1. The second kappa shape index (κ2) is 4.65. The van der Waals surface area contributed by atoms with Gasteiger partial charge in [-0.3, -0.25) is 0 Å². The fraction of sp³-hybridized carbons (Fsp3) is 0.364. The number of rotatable bonds is 4. The van der Waals surface area contributed by atoms with Crippen LogP contribution < -0.4 is 9.84 Å². The molecule has 3 heteroatoms. The van der Waals surface area contributed by atoms with E-state index >= 15 is 0 Å². The van der Waals surface area contributed by atoms with E-state index in [-0.39, 0.29) is 13.0 Å². The Morgan fingerprint density at radius 1 is 1.43 bits per heavy atom. The highest BCUT2D eigenvalue weighted by Crippen LogP contribution is 2.18. The molecule has 76 valence electrons. The van der Waals surface area contributed by atoms with Crippen LogP contribution in [-0.2, 0) is 4.79 Å². The Morgan fingerprint density at radius 3 is 2.79 bits per heavy atom. The summed E-state index contributed by atoms with van der Waals surface area (Å²) in [4.78, 5) is 10.2. The lowest BCUT2D eigenvalue weighted by atomic mass is 10.1. The zero-order chi connectivity index (χ0) is 10.6. The standard InChI is InChI=1S/C11H14O3/c1-8-3-4-9(2)10(7-8)14-6-5-11(12)13/h3-4,7H,5-6H2,1-2H3,(H,12,13)/p-1. The molecule has 1 rings (SSSR count). The highest BCUT2D eigenvalue weighted by atomic mass is 16.5. The first-order valence-electron chi connectivity index (χ1n) is 4.49. The maximum Gasteiger partial charge on any atom is 0.122 e. The number of carbonyl (C=O) groups excluding carboxylic acids is 1. The molecular formula is C11H13O3-. The summed E-state index contributed by atoms with van der Waals surface area (Å²) < 4.78 is 5.31. The average molecular weight is 193 g/mol. The molecule has 0 heterocycles. The van der Waals surface area contributed by atoms with Crippen LogP contribution in [0.25, 0.3) is 0 Å². The van der Waals surface area contributed by atoms with Crippen molar-refractivity contribution in [3.8, 4) is 5.75 Å². The van der Waals surface area contributed by atoms with Crippen LogP contribution in [0.5, 0.6) is 5.75 Å². The normalized spacial score (nSPS) is 9.86. The summed E-state index contributed by atoms with van der Waals surface area (Å²) >= 11 is 0. The van der Waals surface area contributed by atoms with Crippen LogP contribution in [0.4, 0.5) is 0 Å². The molecule has 0 saturated heterocycles. The maximum absolute atomic E-state index is 10.2. The topological polar surface area (TPSA) is 49.4 Å². The Kier molecular flexibility index (Phi) is 3.51. The van der Waals surface area contributed by atoms with E-state index in [1.54, 1.807) is 0 Å². The smallest absolute Gasteiger partial charge is 0.122 e. The van der Waals surface area contributed by atoms with E-state index in [9.17, 15) is 9.90 Å². The average Bonchev–Trinajstić information content (AvgIpc) is 2.10. The van der Waals surface area contributed by atoms with E-state index in [0.29, 0.717) is 0 Å². The van der Waals surface area contributed by atoms with Gasteiger partial charge in [0.1, 0.15) is 5.75 Å². The number of aliphatic carboxylic acids is 1. The molecule has 0 spiro atoms. The van der Waals surface area contributed by atoms with Gasteiger partial charge in [-0.25, -0.2) is 0 Å². The predicted octanol–water partition coefficient (Wildman–Crippen LogP) is 0.822. The van der Waals surface area contributed by atoms with Crippen LogP contribution in [0.2, 0.25) is 0 Å². The number of aryl methyl sites for hydroxylation is 2. The molecule has 0 aliphatic carbocycles. The minimum Gasteiger partial charge on any atom is -0.550 e. The van der Waals surface area contributed by atoms with Crippen LogP contribution >= 0.6 is 0 Å². The van der Waals surface area contributed by atoms with Gasteiger partial charge < -0.3 is 14.6 Å². The molecule has 1 aromatic carbocycles. The number of carboxylic acids is 1. The molecule has 0 N–H and O–H groups in total. The molecule has 0 unspecified atom stereocenters. The van der Waals surface area contributed by atoms with Gasteiger partial charge in [-0.15, -0.1) is 0 Å². The van der Waals surface area contributed by atoms with Crippen molar-refractivity contribution < 1.29 is 14.6 Å². The van der Waals surface area contributed by atoms with Gasteiger partial charge in [0.05, 0.1) is 6.61 Å². The summed E-state index contributed by atoms with van der Waals surface area (Å²) in [6, 6.07) is 5.83. The van der Waals surface area contributed by atoms with E-state index in [2.05, 4.69) is 0 Å². The van der Waals surface area contributed by atoms with Crippen LogP contribution in [-0.4, -0.2) is 12.6 Å². The Hall–Kier alpha value is -1.51. The number of carboxylic acid groups (broad SMARTS) is 1. The second-order valence-corrected chi connectivity index (χ2v) is 3.24. The van der Waals surface area contributed by atoms with Gasteiger partial charge in [-0.1, -0.05) is 12.1 Å². The molecule has 0 aliphatic rings. The minimum absolute atomic E-state index is 0.0760. The maximum atomic E-state index is 10.2. The van der Waals surface area contributed by atoms with Crippen molar-refractivity contribution in [2.24, 2.45) is 0 Å². The van der Waals surface area contributed by atoms with Gasteiger partial charge in [0.15, 0.2) is 0 Å². The van der Waals surface area contributed by atoms with Gasteiger partial charge in [0.25, 0.3) is 0 Å². The van der Waals surface area contributed by atoms with Crippen molar-refractivity contribution in [1.82, 2.24) is 0 Å². The number of hydrogen-bond acceptors (Lipinski definition) is 3. The molecular weight excluding hydrogens is 180 g/mol. The molecule has 14 heavy (non-hydrogen) atoms. The lowest BCUT2D eigenvalue weighted by Gasteiger charge is -2.09. The molecule has 0 amide bonds. The summed E-state index contributed by atoms with van der Waals surface area (Å²) in [5.74, 6) is -0.346. The first kappa shape index (κ1) is 10.6. The van der Waals surface area contributed by atoms with Crippen LogP contribution in [0.15, 0.2) is 18.2 Å². The molecule has 3 nitrogen and oxygen atoms in total. The van der Waals surface area contributed by atoms with Crippen LogP contribution in [0.1, 0.15) is 17.5 Å². The first-order chi connectivity index (χ1) is 6.59. The Balaban J connectivity index is 2.57. The second-order valence-electron chi connectivity index (χ2n) is 3.24. The lowest BCUT2D eigenvalue weighted by molar-refractivity contribution is -0.306. The highest BCUT2D eigenvalue weighted by molar-refractivity contribution is 5.64. The molecule has 0 radical (unpaired) electrons. The van der Waals surface area contributed by atoms with Crippen molar-refractivity contribution in [3.05, 3.63) is 29.3 Å². The third-order valence-electron chi connectivity index (χ3n) is 1.91. The van der Waals surface area contributed by atoms with E-state index in [4.69, 9.17) is 4.74 Å². The number of hydrogen-bond donors (Lipinski definition) is 0. The fourth-order valence-electron chi connectivity index (χ4n) is 1.11. The van der Waals surface area contributed by atoms with Crippen molar-refractivity contribution in [2.75, 3.05) is 6.61 Å². The van der Waals surface area contributed by atoms with Gasteiger partial charge in [-0.05, 0) is 31.0 Å². The fourth-order valence-corrected chi connectivity index (χ4v) is 1.11. The molecule has 0 bridgehead atoms. The Morgan fingerprint density at radius 2 is 2.14 bits per heavy atom. The van der Waals surface area contributed by atoms with Crippen LogP contribution in [0.3, 0.4) is 0 Å². The Labute approximate surface area is 83.3 Å². The van der Waals surface area contributed by atoms with Gasteiger partial charge in [0.2, 0.25) is 0 Å². The molecule has 0 saturated carbocycles. The zero-order valence-corrected chi connectivity index (χ0v) is 8.37. The molecule has 0 aliphatic heterocycles. The lowest BCUT2D eigenvalue weighted by Crippen LogP contribution is -2.24. The summed E-state index contributed by atoms with van der Waals surface area (Å²) in [5.41, 5.74) is 2.10. The number of ether oxygens (including phenoxy) is 1. The van der Waals surface area contributed by atoms with Crippen molar-refractivity contribution in [2.45, 2.75) is 20.3 Å². The molecule has 1 aromatic rings. The summed E-state index contributed by atoms with van der Waals surface area (Å²) in [5, 5.41) is 10.2. The van der Waals surface area contributed by atoms with Crippen molar-refractivity contribution >= 4 is 5.97 Å². The highest BCUT2D eigenvalue weighted by Gasteiger charge is 1.99. The summed E-state index contributed by atoms with van der Waals surface area (Å²) in [6.45, 7) is 4.05. The van der Waals surface area contributed by atoms with Crippen molar-refractivity contribution in [3.63, 3.8) is 0 Å². The predicted molar refractivity (Wildman–Crippen MR) is 51.0 cm³/mol. The SMILES string of the molecule is Cc1ccc(C)c(OCCC(=O)[O-])c1. The van der Waals surface area contributed by atoms with Gasteiger partial charge in [0, 0.05) is 12.4 Å². The quantitative estimate of drug-likeness (QED) is 0.711. The van der Waals surface area contributed by atoms with E-state index < -0.39 is 5.97 Å². The van der Waals surface area contributed by atoms with E-state index in [1.165, 1.54) is 0 Å². The largest absolute Gasteiger partial charge is 0.550 e. The Bertz CT molecular complexity index is 331. The monoisotopic (exact) mass is 193 g/mol. The summed E-state index contributed by atoms with van der Waals surface area (Å²) in [6.07, 6.45) is -0.0760. The molecule has 0 fully saturated rings. The van der Waals surface area contributed by atoms with Crippen LogP contribution in [0, 0.1) is 13.8 Å². The first-order valence-corrected chi connectivity index (χ1v) is 4.49. The van der Waals surface area contributed by atoms with Crippen molar-refractivity contribution in [1.29, 1.82) is 0 Å². The number of carbonyl (C=O) groups is 1. The van der Waals surface area contributed by atoms with E-state index in [0.717, 1.165) is 16.9 Å². The zero-order valence-electron chi connectivity index (χ0n) is 8.37. The third-order valence-corrected chi connectivity index (χ3v) is 1.91. The summed E-state index contributed by atoms with van der Waals surface area (Å²) in [7, 11) is 0. The van der Waals surface area contributed by atoms with Gasteiger partial charge in [-0.2, -0.15) is 0 Å². The third kappa shape index (κ3) is 3.09. The molecule has 0 aromatic heterocycles. The van der Waals surface area contributed by atoms with E-state index in [1.807, 2.05) is 32.0 Å². The van der Waals surface area contributed by atoms with Gasteiger partial charge >= 0.3 is 0 Å². The molecule has 0 atom stereocenters. The minimum atomic E-state index is -1.09.